The third-order valence-electron chi connectivity index (χ3n) is 2.50. The largest absolute Gasteiger partial charge is 0.382 e. The zero-order valence-electron chi connectivity index (χ0n) is 17.0. The summed E-state index contributed by atoms with van der Waals surface area (Å²) >= 11 is 0. The Labute approximate surface area is 150 Å². The van der Waals surface area contributed by atoms with E-state index in [0.29, 0.717) is 39.6 Å². The number of rotatable bonds is 17. The molecular formula is C18H43NO5. The maximum absolute atomic E-state index is 5.45. The van der Waals surface area contributed by atoms with Crippen molar-refractivity contribution in [1.29, 1.82) is 0 Å². The van der Waals surface area contributed by atoms with Crippen molar-refractivity contribution in [3.05, 3.63) is 0 Å². The number of nitrogens with one attached hydrogen (secondary N) is 1. The Morgan fingerprint density at radius 2 is 0.917 bits per heavy atom. The molecule has 0 atom stereocenters. The summed E-state index contributed by atoms with van der Waals surface area (Å²) < 4.78 is 26.4. The van der Waals surface area contributed by atoms with Crippen LogP contribution < -0.4 is 5.32 Å². The van der Waals surface area contributed by atoms with Crippen LogP contribution in [0, 0.1) is 0 Å². The van der Waals surface area contributed by atoms with E-state index in [1.165, 1.54) is 0 Å². The van der Waals surface area contributed by atoms with Gasteiger partial charge in [-0.25, -0.2) is 0 Å². The molecule has 0 aromatic carbocycles. The Bertz CT molecular complexity index is 155. The van der Waals surface area contributed by atoms with Gasteiger partial charge in [0.25, 0.3) is 0 Å². The number of likely N-dealkylation sites (N-methyl/N-ethyl adjacent to an activating group) is 1. The molecule has 0 aliphatic carbocycles. The molecule has 0 heterocycles. The Balaban J connectivity index is -0.00000102. The summed E-state index contributed by atoms with van der Waals surface area (Å²) in [6.45, 7) is 15.0. The van der Waals surface area contributed by atoms with E-state index in [-0.39, 0.29) is 0 Å². The van der Waals surface area contributed by atoms with E-state index in [1.807, 2.05) is 34.7 Å². The lowest BCUT2D eigenvalue weighted by Crippen LogP contribution is -2.16. The number of methoxy groups -OCH3 is 1. The highest BCUT2D eigenvalue weighted by Gasteiger charge is 1.93. The fourth-order valence-corrected chi connectivity index (χ4v) is 1.37. The summed E-state index contributed by atoms with van der Waals surface area (Å²) in [5.41, 5.74) is 0. The number of hydrogen-bond donors (Lipinski definition) is 1. The maximum atomic E-state index is 5.45. The lowest BCUT2D eigenvalue weighted by Gasteiger charge is -2.07. The Kier molecular flexibility index (Phi) is 40.7. The average molecular weight is 354 g/mol. The van der Waals surface area contributed by atoms with Crippen molar-refractivity contribution in [1.82, 2.24) is 5.32 Å². The first-order chi connectivity index (χ1) is 11.9. The van der Waals surface area contributed by atoms with Crippen LogP contribution in [0.2, 0.25) is 0 Å². The Hall–Kier alpha value is -0.240. The predicted molar refractivity (Wildman–Crippen MR) is 101 cm³/mol. The van der Waals surface area contributed by atoms with Gasteiger partial charge >= 0.3 is 0 Å². The number of ether oxygens (including phenoxy) is 5. The monoisotopic (exact) mass is 353 g/mol. The van der Waals surface area contributed by atoms with Crippen LogP contribution in [0.3, 0.4) is 0 Å². The molecule has 0 rings (SSSR count). The van der Waals surface area contributed by atoms with E-state index < -0.39 is 0 Å². The molecule has 0 aromatic heterocycles. The molecule has 0 aromatic rings. The highest BCUT2D eigenvalue weighted by atomic mass is 16.5. The molecular weight excluding hydrogens is 310 g/mol. The molecule has 0 saturated heterocycles. The second-order valence-corrected chi connectivity index (χ2v) is 4.25. The summed E-state index contributed by atoms with van der Waals surface area (Å²) in [5.74, 6) is 0. The van der Waals surface area contributed by atoms with Gasteiger partial charge in [-0.05, 0) is 19.9 Å². The molecule has 0 saturated carbocycles. The molecule has 0 radical (unpaired) electrons. The van der Waals surface area contributed by atoms with Gasteiger partial charge in [0.15, 0.2) is 0 Å². The van der Waals surface area contributed by atoms with Gasteiger partial charge in [0.1, 0.15) is 0 Å². The van der Waals surface area contributed by atoms with Gasteiger partial charge in [0.2, 0.25) is 0 Å². The zero-order valence-corrected chi connectivity index (χ0v) is 17.0. The molecule has 0 bridgehead atoms. The first kappa shape index (κ1) is 28.6. The van der Waals surface area contributed by atoms with E-state index in [2.05, 4.69) is 5.32 Å². The highest BCUT2D eigenvalue weighted by Crippen LogP contribution is 1.92. The van der Waals surface area contributed by atoms with Crippen LogP contribution in [0.4, 0.5) is 0 Å². The third-order valence-corrected chi connectivity index (χ3v) is 2.50. The van der Waals surface area contributed by atoms with Gasteiger partial charge in [-0.15, -0.1) is 0 Å². The minimum atomic E-state index is 0.629. The second kappa shape index (κ2) is 34.2. The first-order valence-electron chi connectivity index (χ1n) is 9.36. The van der Waals surface area contributed by atoms with Gasteiger partial charge in [-0.1, -0.05) is 27.7 Å². The van der Waals surface area contributed by atoms with Crippen molar-refractivity contribution in [2.75, 3.05) is 80.2 Å². The summed E-state index contributed by atoms with van der Waals surface area (Å²) in [4.78, 5) is 0. The molecule has 150 valence electrons. The van der Waals surface area contributed by atoms with Crippen LogP contribution in [0.5, 0.6) is 0 Å². The lowest BCUT2D eigenvalue weighted by molar-refractivity contribution is 0.0202. The van der Waals surface area contributed by atoms with E-state index in [4.69, 9.17) is 23.7 Å². The van der Waals surface area contributed by atoms with Crippen LogP contribution in [-0.4, -0.2) is 80.2 Å². The fourth-order valence-electron chi connectivity index (χ4n) is 1.37. The number of unbranched alkanes of at least 4 members (excludes halogenated alkanes) is 1. The quantitative estimate of drug-likeness (QED) is 0.406. The summed E-state index contributed by atoms with van der Waals surface area (Å²) in [5, 5.41) is 3.02. The fraction of sp³-hybridized carbons (Fsp3) is 1.00. The zero-order chi connectivity index (χ0) is 18.7. The molecule has 1 N–H and O–H groups in total. The third kappa shape index (κ3) is 33.4. The molecule has 0 fully saturated rings. The Morgan fingerprint density at radius 3 is 1.33 bits per heavy atom. The Morgan fingerprint density at radius 1 is 0.542 bits per heavy atom. The van der Waals surface area contributed by atoms with Crippen LogP contribution in [0.25, 0.3) is 0 Å². The van der Waals surface area contributed by atoms with Gasteiger partial charge in [-0.2, -0.15) is 0 Å². The van der Waals surface area contributed by atoms with Gasteiger partial charge in [-0.3, -0.25) is 0 Å². The van der Waals surface area contributed by atoms with Crippen molar-refractivity contribution >= 4 is 0 Å². The smallest absolute Gasteiger partial charge is 0.0701 e. The van der Waals surface area contributed by atoms with Crippen LogP contribution in [0.15, 0.2) is 0 Å². The molecule has 6 nitrogen and oxygen atoms in total. The van der Waals surface area contributed by atoms with Gasteiger partial charge in [0.05, 0.1) is 46.2 Å². The van der Waals surface area contributed by atoms with Crippen molar-refractivity contribution in [2.45, 2.75) is 40.5 Å². The van der Waals surface area contributed by atoms with Crippen LogP contribution in [-0.2, 0) is 23.7 Å². The van der Waals surface area contributed by atoms with Crippen molar-refractivity contribution in [3.8, 4) is 0 Å². The van der Waals surface area contributed by atoms with Crippen LogP contribution in [0.1, 0.15) is 40.5 Å². The normalized spacial score (nSPS) is 9.75. The average Bonchev–Trinajstić information content (AvgIpc) is 2.65. The van der Waals surface area contributed by atoms with Crippen molar-refractivity contribution < 1.29 is 23.7 Å². The molecule has 24 heavy (non-hydrogen) atoms. The second-order valence-electron chi connectivity index (χ2n) is 4.25. The summed E-state index contributed by atoms with van der Waals surface area (Å²) in [7, 11) is 3.57. The molecule has 0 spiro atoms. The highest BCUT2D eigenvalue weighted by molar-refractivity contribution is 4.40. The van der Waals surface area contributed by atoms with E-state index in [1.54, 1.807) is 7.11 Å². The minimum absolute atomic E-state index is 0.629. The van der Waals surface area contributed by atoms with E-state index in [9.17, 15) is 0 Å². The summed E-state index contributed by atoms with van der Waals surface area (Å²) in [6.07, 6.45) is 2.03. The van der Waals surface area contributed by atoms with Gasteiger partial charge in [0, 0.05) is 26.9 Å². The van der Waals surface area contributed by atoms with Gasteiger partial charge < -0.3 is 29.0 Å². The molecule has 0 unspecified atom stereocenters. The SMILES string of the molecule is CC.CC.CNCCOCCOCCCCOCCOCCOC. The van der Waals surface area contributed by atoms with Crippen LogP contribution >= 0.6 is 0 Å². The minimum Gasteiger partial charge on any atom is -0.382 e. The molecule has 0 amide bonds. The molecule has 6 heteroatoms. The molecule has 0 aliphatic rings. The predicted octanol–water partition coefficient (Wildman–Crippen LogP) is 2.75. The summed E-state index contributed by atoms with van der Waals surface area (Å²) in [6, 6.07) is 0. The molecule has 0 aliphatic heterocycles. The lowest BCUT2D eigenvalue weighted by atomic mass is 10.3. The van der Waals surface area contributed by atoms with E-state index >= 15 is 0 Å². The first-order valence-corrected chi connectivity index (χ1v) is 9.36. The van der Waals surface area contributed by atoms with Crippen molar-refractivity contribution in [3.63, 3.8) is 0 Å². The van der Waals surface area contributed by atoms with Crippen molar-refractivity contribution in [2.24, 2.45) is 0 Å². The standard InChI is InChI=1S/C14H31NO5.2C2H6/c1-15-5-8-19-13-11-17-6-3-4-7-18-12-14-20-10-9-16-2;2*1-2/h15H,3-14H2,1-2H3;2*1-2H3. The number of hydrogen-bond acceptors (Lipinski definition) is 6. The van der Waals surface area contributed by atoms with E-state index in [0.717, 1.165) is 39.2 Å². The maximum Gasteiger partial charge on any atom is 0.0701 e. The topological polar surface area (TPSA) is 58.2 Å².